The predicted molar refractivity (Wildman–Crippen MR) is 90.1 cm³/mol. The first-order chi connectivity index (χ1) is 10.6. The molecular formula is C18H11BrO3. The van der Waals surface area contributed by atoms with Gasteiger partial charge in [0.05, 0.1) is 6.26 Å². The Morgan fingerprint density at radius 1 is 1.00 bits per heavy atom. The molecule has 0 saturated carbocycles. The van der Waals surface area contributed by atoms with Crippen LogP contribution in [0, 0.1) is 6.92 Å². The normalized spacial score (nSPS) is 11.4. The maximum absolute atomic E-state index is 11.8. The Balaban J connectivity index is 2.10. The topological polar surface area (TPSA) is 43.4 Å². The molecule has 4 heteroatoms. The molecule has 0 radical (unpaired) electrons. The van der Waals surface area contributed by atoms with Crippen LogP contribution in [-0.2, 0) is 0 Å². The van der Waals surface area contributed by atoms with E-state index in [4.69, 9.17) is 8.83 Å². The third-order valence-electron chi connectivity index (χ3n) is 3.88. The number of benzene rings is 2. The quantitative estimate of drug-likeness (QED) is 0.437. The summed E-state index contributed by atoms with van der Waals surface area (Å²) in [5, 5.41) is 1.90. The fourth-order valence-electron chi connectivity index (χ4n) is 2.69. The lowest BCUT2D eigenvalue weighted by atomic mass is 10.0. The zero-order chi connectivity index (χ0) is 15.3. The third kappa shape index (κ3) is 1.91. The highest BCUT2D eigenvalue weighted by Gasteiger charge is 2.14. The van der Waals surface area contributed by atoms with E-state index in [0.29, 0.717) is 15.6 Å². The van der Waals surface area contributed by atoms with Crippen molar-refractivity contribution in [2.45, 2.75) is 6.92 Å². The minimum atomic E-state index is -0.376. The molecule has 0 saturated heterocycles. The van der Waals surface area contributed by atoms with E-state index < -0.39 is 0 Å². The Bertz CT molecular complexity index is 1060. The van der Waals surface area contributed by atoms with Crippen molar-refractivity contribution in [1.82, 2.24) is 0 Å². The van der Waals surface area contributed by atoms with E-state index in [-0.39, 0.29) is 5.63 Å². The van der Waals surface area contributed by atoms with Gasteiger partial charge < -0.3 is 8.83 Å². The summed E-state index contributed by atoms with van der Waals surface area (Å²) in [7, 11) is 0. The number of hydrogen-bond acceptors (Lipinski definition) is 3. The second kappa shape index (κ2) is 4.85. The molecule has 0 unspecified atom stereocenters. The molecule has 0 N–H and O–H groups in total. The summed E-state index contributed by atoms with van der Waals surface area (Å²) < 4.78 is 11.4. The first-order valence-electron chi connectivity index (χ1n) is 6.85. The van der Waals surface area contributed by atoms with Gasteiger partial charge in [-0.25, -0.2) is 4.79 Å². The second-order valence-corrected chi connectivity index (χ2v) is 5.98. The van der Waals surface area contributed by atoms with Gasteiger partial charge in [-0.3, -0.25) is 0 Å². The van der Waals surface area contributed by atoms with Crippen LogP contribution in [0.15, 0.2) is 66.8 Å². The van der Waals surface area contributed by atoms with Crippen LogP contribution >= 0.6 is 15.9 Å². The van der Waals surface area contributed by atoms with Gasteiger partial charge in [0.2, 0.25) is 0 Å². The van der Waals surface area contributed by atoms with Gasteiger partial charge in [0, 0.05) is 22.4 Å². The second-order valence-electron chi connectivity index (χ2n) is 5.19. The van der Waals surface area contributed by atoms with E-state index in [2.05, 4.69) is 15.9 Å². The van der Waals surface area contributed by atoms with Crippen LogP contribution < -0.4 is 5.63 Å². The van der Waals surface area contributed by atoms with Crippen LogP contribution in [0.25, 0.3) is 33.1 Å². The smallest absolute Gasteiger partial charge is 0.350 e. The molecule has 2 aromatic carbocycles. The van der Waals surface area contributed by atoms with Crippen molar-refractivity contribution in [2.24, 2.45) is 0 Å². The summed E-state index contributed by atoms with van der Waals surface area (Å²) in [6.45, 7) is 1.90. The molecule has 0 aliphatic rings. The Labute approximate surface area is 134 Å². The van der Waals surface area contributed by atoms with Crippen molar-refractivity contribution >= 4 is 37.9 Å². The number of hydrogen-bond donors (Lipinski definition) is 0. The zero-order valence-corrected chi connectivity index (χ0v) is 13.3. The van der Waals surface area contributed by atoms with Crippen LogP contribution in [0.4, 0.5) is 0 Å². The average Bonchev–Trinajstić information content (AvgIpc) is 2.95. The summed E-state index contributed by atoms with van der Waals surface area (Å²) in [6.07, 6.45) is 1.74. The highest BCUT2D eigenvalue weighted by Crippen LogP contribution is 2.34. The molecule has 0 aliphatic carbocycles. The Hall–Kier alpha value is -2.33. The maximum atomic E-state index is 11.8. The molecule has 22 heavy (non-hydrogen) atoms. The van der Waals surface area contributed by atoms with Crippen molar-refractivity contribution in [3.8, 4) is 11.1 Å². The molecule has 0 fully saturated rings. The van der Waals surface area contributed by atoms with Crippen LogP contribution in [-0.4, -0.2) is 0 Å². The number of rotatable bonds is 1. The minimum absolute atomic E-state index is 0.376. The summed E-state index contributed by atoms with van der Waals surface area (Å²) in [5.74, 6) is 0. The molecular weight excluding hydrogens is 344 g/mol. The van der Waals surface area contributed by atoms with Gasteiger partial charge in [-0.1, -0.05) is 30.3 Å². The van der Waals surface area contributed by atoms with E-state index in [9.17, 15) is 4.79 Å². The number of furan rings is 1. The largest absolute Gasteiger partial charge is 0.464 e. The van der Waals surface area contributed by atoms with Gasteiger partial charge in [0.25, 0.3) is 0 Å². The van der Waals surface area contributed by atoms with Crippen LogP contribution in [0.1, 0.15) is 5.56 Å². The molecule has 4 rings (SSSR count). The maximum Gasteiger partial charge on any atom is 0.350 e. The molecule has 0 amide bonds. The fourth-order valence-corrected chi connectivity index (χ4v) is 2.98. The standard InChI is InChI=1S/C18H11BrO3/c1-10-12-7-13-14(11-5-3-2-4-6-11)9-21-15(13)8-16(12)22-18(20)17(10)19/h2-9H,1H3. The lowest BCUT2D eigenvalue weighted by molar-refractivity contribution is 0.553. The third-order valence-corrected chi connectivity index (χ3v) is 4.79. The number of halogens is 1. The van der Waals surface area contributed by atoms with Crippen molar-refractivity contribution in [3.05, 3.63) is 69.2 Å². The molecule has 108 valence electrons. The van der Waals surface area contributed by atoms with Gasteiger partial charge in [-0.15, -0.1) is 0 Å². The van der Waals surface area contributed by atoms with Crippen LogP contribution in [0.5, 0.6) is 0 Å². The summed E-state index contributed by atoms with van der Waals surface area (Å²) in [6, 6.07) is 13.9. The van der Waals surface area contributed by atoms with Crippen molar-refractivity contribution < 1.29 is 8.83 Å². The van der Waals surface area contributed by atoms with Crippen LogP contribution in [0.2, 0.25) is 0 Å². The molecule has 2 heterocycles. The first-order valence-corrected chi connectivity index (χ1v) is 7.64. The molecule has 4 aromatic rings. The Morgan fingerprint density at radius 3 is 2.55 bits per heavy atom. The lowest BCUT2D eigenvalue weighted by Gasteiger charge is -2.04. The van der Waals surface area contributed by atoms with Gasteiger partial charge >= 0.3 is 5.63 Å². The summed E-state index contributed by atoms with van der Waals surface area (Å²) >= 11 is 3.29. The van der Waals surface area contributed by atoms with Crippen molar-refractivity contribution in [1.29, 1.82) is 0 Å². The Morgan fingerprint density at radius 2 is 1.77 bits per heavy atom. The van der Waals surface area contributed by atoms with E-state index in [1.54, 1.807) is 12.3 Å². The zero-order valence-electron chi connectivity index (χ0n) is 11.7. The average molecular weight is 355 g/mol. The van der Waals surface area contributed by atoms with Crippen LogP contribution in [0.3, 0.4) is 0 Å². The summed E-state index contributed by atoms with van der Waals surface area (Å²) in [5.41, 5.74) is 3.85. The van der Waals surface area contributed by atoms with E-state index in [0.717, 1.165) is 27.5 Å². The predicted octanol–water partition coefficient (Wildman–Crippen LogP) is 5.28. The molecule has 0 atom stereocenters. The molecule has 3 nitrogen and oxygen atoms in total. The molecule has 2 aromatic heterocycles. The minimum Gasteiger partial charge on any atom is -0.464 e. The van der Waals surface area contributed by atoms with E-state index >= 15 is 0 Å². The van der Waals surface area contributed by atoms with Crippen molar-refractivity contribution in [3.63, 3.8) is 0 Å². The van der Waals surface area contributed by atoms with Gasteiger partial charge in [-0.2, -0.15) is 0 Å². The van der Waals surface area contributed by atoms with E-state index in [1.807, 2.05) is 43.3 Å². The van der Waals surface area contributed by atoms with E-state index in [1.165, 1.54) is 0 Å². The van der Waals surface area contributed by atoms with Crippen molar-refractivity contribution in [2.75, 3.05) is 0 Å². The number of fused-ring (bicyclic) bond motifs is 2. The lowest BCUT2D eigenvalue weighted by Crippen LogP contribution is -2.02. The summed E-state index contributed by atoms with van der Waals surface area (Å²) in [4.78, 5) is 11.8. The molecule has 0 bridgehead atoms. The highest BCUT2D eigenvalue weighted by atomic mass is 79.9. The highest BCUT2D eigenvalue weighted by molar-refractivity contribution is 9.10. The monoisotopic (exact) mass is 354 g/mol. The van der Waals surface area contributed by atoms with Gasteiger partial charge in [0.15, 0.2) is 0 Å². The fraction of sp³-hybridized carbons (Fsp3) is 0.0556. The molecule has 0 spiro atoms. The molecule has 0 aliphatic heterocycles. The Kier molecular flexibility index (Phi) is 2.94. The number of aryl methyl sites for hydroxylation is 1. The first kappa shape index (κ1) is 13.3. The SMILES string of the molecule is Cc1c(Br)c(=O)oc2cc3occ(-c4ccccc4)c3cc12. The van der Waals surface area contributed by atoms with Gasteiger partial charge in [-0.05, 0) is 40.0 Å². The van der Waals surface area contributed by atoms with Gasteiger partial charge in [0.1, 0.15) is 15.6 Å².